The van der Waals surface area contributed by atoms with Crippen LogP contribution in [0.15, 0.2) is 27.1 Å². The molecule has 0 heterocycles. The summed E-state index contributed by atoms with van der Waals surface area (Å²) in [7, 11) is 0. The van der Waals surface area contributed by atoms with Crippen molar-refractivity contribution >= 4 is 43.5 Å². The van der Waals surface area contributed by atoms with Crippen LogP contribution in [-0.4, -0.2) is 5.91 Å². The summed E-state index contributed by atoms with van der Waals surface area (Å²) in [5.41, 5.74) is 0.658. The van der Waals surface area contributed by atoms with E-state index in [0.29, 0.717) is 5.69 Å². The van der Waals surface area contributed by atoms with Crippen LogP contribution >= 0.6 is 31.9 Å². The van der Waals surface area contributed by atoms with Crippen LogP contribution in [0.1, 0.15) is 6.92 Å². The maximum Gasteiger partial charge on any atom is 0.241 e. The molecule has 0 saturated heterocycles. The Morgan fingerprint density at radius 2 is 2.20 bits per heavy atom. The number of carbonyl (C=O) groups is 1. The highest BCUT2D eigenvalue weighted by atomic mass is 79.9. The van der Waals surface area contributed by atoms with Crippen molar-refractivity contribution in [1.82, 2.24) is 0 Å². The summed E-state index contributed by atoms with van der Waals surface area (Å²) in [6.45, 7) is 1.56. The molecule has 1 aromatic rings. The first-order valence-electron chi connectivity index (χ1n) is 4.20. The molecular weight excluding hydrogens is 324 g/mol. The second kappa shape index (κ2) is 5.29. The largest absolute Gasteiger partial charge is 0.324 e. The van der Waals surface area contributed by atoms with E-state index in [9.17, 15) is 4.79 Å². The number of hydrogen-bond donors (Lipinski definition) is 1. The number of nitriles is 1. The average Bonchev–Trinajstić information content (AvgIpc) is 2.20. The second-order valence-corrected chi connectivity index (χ2v) is 4.73. The number of anilines is 1. The molecule has 1 amide bonds. The van der Waals surface area contributed by atoms with E-state index in [4.69, 9.17) is 5.26 Å². The predicted molar refractivity (Wildman–Crippen MR) is 65.2 cm³/mol. The Hall–Kier alpha value is -0.860. The molecule has 0 radical (unpaired) electrons. The quantitative estimate of drug-likeness (QED) is 0.903. The maximum absolute atomic E-state index is 11.4. The van der Waals surface area contributed by atoms with Crippen molar-refractivity contribution in [2.45, 2.75) is 6.92 Å². The molecule has 78 valence electrons. The summed E-state index contributed by atoms with van der Waals surface area (Å²) < 4.78 is 1.69. The molecule has 5 heteroatoms. The van der Waals surface area contributed by atoms with Crippen LogP contribution in [0.3, 0.4) is 0 Å². The van der Waals surface area contributed by atoms with Gasteiger partial charge >= 0.3 is 0 Å². The van der Waals surface area contributed by atoms with E-state index in [0.717, 1.165) is 8.95 Å². The fourth-order valence-corrected chi connectivity index (χ4v) is 2.04. The maximum atomic E-state index is 11.4. The number of halogens is 2. The SMILES string of the molecule is CC(C#N)C(=O)Nc1ccc(Br)cc1Br. The minimum atomic E-state index is -0.652. The summed E-state index contributed by atoms with van der Waals surface area (Å²) in [5, 5.41) is 11.2. The molecule has 1 rings (SSSR count). The lowest BCUT2D eigenvalue weighted by molar-refractivity contribution is -0.117. The predicted octanol–water partition coefficient (Wildman–Crippen LogP) is 3.31. The average molecular weight is 332 g/mol. The van der Waals surface area contributed by atoms with Crippen molar-refractivity contribution in [2.24, 2.45) is 5.92 Å². The highest BCUT2D eigenvalue weighted by Crippen LogP contribution is 2.26. The van der Waals surface area contributed by atoms with E-state index in [1.54, 1.807) is 13.0 Å². The van der Waals surface area contributed by atoms with E-state index < -0.39 is 5.92 Å². The van der Waals surface area contributed by atoms with Crippen LogP contribution in [-0.2, 0) is 4.79 Å². The van der Waals surface area contributed by atoms with Crippen molar-refractivity contribution in [3.05, 3.63) is 27.1 Å². The zero-order valence-electron chi connectivity index (χ0n) is 7.92. The van der Waals surface area contributed by atoms with Crippen molar-refractivity contribution in [2.75, 3.05) is 5.32 Å². The Bertz CT molecular complexity index is 426. The molecule has 1 unspecified atom stereocenters. The first-order chi connectivity index (χ1) is 7.04. The number of nitrogens with one attached hydrogen (secondary N) is 1. The number of benzene rings is 1. The normalized spacial score (nSPS) is 11.6. The smallest absolute Gasteiger partial charge is 0.241 e. The lowest BCUT2D eigenvalue weighted by atomic mass is 10.2. The Labute approximate surface area is 105 Å². The second-order valence-electron chi connectivity index (χ2n) is 2.96. The van der Waals surface area contributed by atoms with E-state index in [1.807, 2.05) is 18.2 Å². The van der Waals surface area contributed by atoms with Gasteiger partial charge in [0.1, 0.15) is 5.92 Å². The number of amides is 1. The first-order valence-corrected chi connectivity index (χ1v) is 5.78. The minimum Gasteiger partial charge on any atom is -0.324 e. The zero-order valence-corrected chi connectivity index (χ0v) is 11.1. The zero-order chi connectivity index (χ0) is 11.4. The third-order valence-corrected chi connectivity index (χ3v) is 2.93. The van der Waals surface area contributed by atoms with Crippen molar-refractivity contribution in [3.63, 3.8) is 0 Å². The van der Waals surface area contributed by atoms with Gasteiger partial charge in [-0.2, -0.15) is 5.26 Å². The van der Waals surface area contributed by atoms with Gasteiger partial charge in [-0.05, 0) is 41.1 Å². The molecule has 0 saturated carbocycles. The van der Waals surface area contributed by atoms with Gasteiger partial charge in [0.15, 0.2) is 0 Å². The summed E-state index contributed by atoms with van der Waals surface area (Å²) in [6.07, 6.45) is 0. The van der Waals surface area contributed by atoms with Crippen LogP contribution in [0, 0.1) is 17.2 Å². The molecule has 0 aliphatic heterocycles. The van der Waals surface area contributed by atoms with Crippen LogP contribution < -0.4 is 5.32 Å². The minimum absolute atomic E-state index is 0.305. The Morgan fingerprint density at radius 1 is 1.53 bits per heavy atom. The molecule has 0 aliphatic rings. The molecular formula is C10H8Br2N2O. The Kier molecular flexibility index (Phi) is 4.30. The highest BCUT2D eigenvalue weighted by molar-refractivity contribution is 9.11. The van der Waals surface area contributed by atoms with Gasteiger partial charge in [0.05, 0.1) is 11.8 Å². The standard InChI is InChI=1S/C10H8Br2N2O/c1-6(5-13)10(15)14-9-3-2-7(11)4-8(9)12/h2-4,6H,1H3,(H,14,15). The number of hydrogen-bond acceptors (Lipinski definition) is 2. The van der Waals surface area contributed by atoms with Crippen LogP contribution in [0.2, 0.25) is 0 Å². The van der Waals surface area contributed by atoms with Gasteiger partial charge in [0.25, 0.3) is 0 Å². The summed E-state index contributed by atoms with van der Waals surface area (Å²) in [4.78, 5) is 11.4. The Morgan fingerprint density at radius 3 is 2.73 bits per heavy atom. The van der Waals surface area contributed by atoms with E-state index >= 15 is 0 Å². The molecule has 1 aromatic carbocycles. The van der Waals surface area contributed by atoms with Gasteiger partial charge in [-0.15, -0.1) is 0 Å². The first kappa shape index (κ1) is 12.2. The number of carbonyl (C=O) groups excluding carboxylic acids is 1. The van der Waals surface area contributed by atoms with Gasteiger partial charge in [0.2, 0.25) is 5.91 Å². The lowest BCUT2D eigenvalue weighted by Crippen LogP contribution is -2.19. The molecule has 1 atom stereocenters. The number of rotatable bonds is 2. The lowest BCUT2D eigenvalue weighted by Gasteiger charge is -2.08. The van der Waals surface area contributed by atoms with Crippen LogP contribution in [0.25, 0.3) is 0 Å². The van der Waals surface area contributed by atoms with Gasteiger partial charge in [-0.1, -0.05) is 15.9 Å². The molecule has 1 N–H and O–H groups in total. The van der Waals surface area contributed by atoms with Crippen molar-refractivity contribution < 1.29 is 4.79 Å². The third-order valence-electron chi connectivity index (χ3n) is 1.78. The summed E-state index contributed by atoms with van der Waals surface area (Å²) in [6, 6.07) is 7.28. The van der Waals surface area contributed by atoms with Gasteiger partial charge in [-0.25, -0.2) is 0 Å². The fourth-order valence-electron chi connectivity index (χ4n) is 0.890. The van der Waals surface area contributed by atoms with E-state index in [2.05, 4.69) is 37.2 Å². The summed E-state index contributed by atoms with van der Waals surface area (Å²) in [5.74, 6) is -0.957. The number of nitrogens with zero attached hydrogens (tertiary/aromatic N) is 1. The summed E-state index contributed by atoms with van der Waals surface area (Å²) >= 11 is 6.63. The molecule has 0 bridgehead atoms. The van der Waals surface area contributed by atoms with Crippen LogP contribution in [0.4, 0.5) is 5.69 Å². The Balaban J connectivity index is 2.82. The molecule has 3 nitrogen and oxygen atoms in total. The van der Waals surface area contributed by atoms with Crippen molar-refractivity contribution in [3.8, 4) is 6.07 Å². The third kappa shape index (κ3) is 3.33. The molecule has 0 aliphatic carbocycles. The van der Waals surface area contributed by atoms with Gasteiger partial charge in [0, 0.05) is 8.95 Å². The molecule has 15 heavy (non-hydrogen) atoms. The van der Waals surface area contributed by atoms with Gasteiger partial charge in [-0.3, -0.25) is 4.79 Å². The molecule has 0 aromatic heterocycles. The highest BCUT2D eigenvalue weighted by Gasteiger charge is 2.12. The topological polar surface area (TPSA) is 52.9 Å². The van der Waals surface area contributed by atoms with Crippen LogP contribution in [0.5, 0.6) is 0 Å². The molecule has 0 spiro atoms. The molecule has 0 fully saturated rings. The monoisotopic (exact) mass is 330 g/mol. The fraction of sp³-hybridized carbons (Fsp3) is 0.200. The van der Waals surface area contributed by atoms with E-state index in [-0.39, 0.29) is 5.91 Å². The van der Waals surface area contributed by atoms with Crippen molar-refractivity contribution in [1.29, 1.82) is 5.26 Å². The van der Waals surface area contributed by atoms with E-state index in [1.165, 1.54) is 0 Å². The van der Waals surface area contributed by atoms with Gasteiger partial charge < -0.3 is 5.32 Å².